The van der Waals surface area contributed by atoms with Crippen LogP contribution in [-0.4, -0.2) is 30.6 Å². The van der Waals surface area contributed by atoms with E-state index in [9.17, 15) is 14.7 Å². The van der Waals surface area contributed by atoms with Crippen molar-refractivity contribution in [2.75, 3.05) is 18.6 Å². The second kappa shape index (κ2) is 6.68. The molecule has 2 aromatic rings. The average Bonchev–Trinajstić information content (AvgIpc) is 2.85. The Morgan fingerprint density at radius 3 is 2.36 bits per heavy atom. The van der Waals surface area contributed by atoms with Gasteiger partial charge in [-0.25, -0.2) is 4.90 Å². The fraction of sp³-hybridized carbons (Fsp3) is 0.158. The SMILES string of the molecule is CCOc1cccc(N2C(=O)C(O)=C(c3ccc(OC)cc3)C2=O)c1. The lowest BCUT2D eigenvalue weighted by Gasteiger charge is -2.15. The summed E-state index contributed by atoms with van der Waals surface area (Å²) in [5.74, 6) is -0.761. The molecule has 2 amide bonds. The minimum absolute atomic E-state index is 0.0329. The molecule has 3 rings (SSSR count). The minimum atomic E-state index is -0.760. The Morgan fingerprint density at radius 2 is 1.72 bits per heavy atom. The van der Waals surface area contributed by atoms with E-state index in [4.69, 9.17) is 9.47 Å². The van der Waals surface area contributed by atoms with Crippen LogP contribution in [0, 0.1) is 0 Å². The first kappa shape index (κ1) is 16.6. The molecular formula is C19H17NO5. The van der Waals surface area contributed by atoms with Crippen molar-refractivity contribution in [3.05, 3.63) is 59.9 Å². The minimum Gasteiger partial charge on any atom is -0.502 e. The Morgan fingerprint density at radius 1 is 1.00 bits per heavy atom. The van der Waals surface area contributed by atoms with Gasteiger partial charge in [0.25, 0.3) is 5.91 Å². The highest BCUT2D eigenvalue weighted by Crippen LogP contribution is 2.33. The van der Waals surface area contributed by atoms with Crippen LogP contribution >= 0.6 is 0 Å². The molecule has 0 aromatic heterocycles. The van der Waals surface area contributed by atoms with Gasteiger partial charge in [0.2, 0.25) is 0 Å². The van der Waals surface area contributed by atoms with E-state index in [-0.39, 0.29) is 5.57 Å². The Labute approximate surface area is 144 Å². The number of methoxy groups -OCH3 is 1. The zero-order valence-electron chi connectivity index (χ0n) is 13.9. The average molecular weight is 339 g/mol. The van der Waals surface area contributed by atoms with Crippen molar-refractivity contribution in [1.82, 2.24) is 0 Å². The molecule has 0 aliphatic carbocycles. The summed E-state index contributed by atoms with van der Waals surface area (Å²) in [7, 11) is 1.53. The van der Waals surface area contributed by atoms with Gasteiger partial charge in [-0.1, -0.05) is 18.2 Å². The van der Waals surface area contributed by atoms with E-state index in [0.717, 1.165) is 4.90 Å². The summed E-state index contributed by atoms with van der Waals surface area (Å²) in [5.41, 5.74) is 0.755. The van der Waals surface area contributed by atoms with Crippen LogP contribution in [0.2, 0.25) is 0 Å². The van der Waals surface area contributed by atoms with Crippen molar-refractivity contribution in [3.8, 4) is 11.5 Å². The number of anilines is 1. The standard InChI is InChI=1S/C19H17NO5/c1-3-25-15-6-4-5-13(11-15)20-18(22)16(17(21)19(20)23)12-7-9-14(24-2)10-8-12/h4-11,21H,3H2,1-2H3. The van der Waals surface area contributed by atoms with Crippen molar-refractivity contribution in [3.63, 3.8) is 0 Å². The van der Waals surface area contributed by atoms with Gasteiger partial charge >= 0.3 is 5.91 Å². The maximum Gasteiger partial charge on any atom is 0.301 e. The normalized spacial score (nSPS) is 14.2. The van der Waals surface area contributed by atoms with Gasteiger partial charge in [-0.3, -0.25) is 9.59 Å². The smallest absolute Gasteiger partial charge is 0.301 e. The summed E-state index contributed by atoms with van der Waals surface area (Å²) < 4.78 is 10.5. The van der Waals surface area contributed by atoms with Crippen LogP contribution in [0.4, 0.5) is 5.69 Å². The number of ether oxygens (including phenoxy) is 2. The van der Waals surface area contributed by atoms with E-state index in [0.29, 0.717) is 29.4 Å². The molecule has 0 atom stereocenters. The molecule has 6 heteroatoms. The number of hydrogen-bond acceptors (Lipinski definition) is 5. The number of imide groups is 1. The number of carbonyl (C=O) groups excluding carboxylic acids is 2. The highest BCUT2D eigenvalue weighted by atomic mass is 16.5. The first-order valence-electron chi connectivity index (χ1n) is 7.76. The van der Waals surface area contributed by atoms with E-state index in [1.807, 2.05) is 6.92 Å². The topological polar surface area (TPSA) is 76.1 Å². The first-order chi connectivity index (χ1) is 12.1. The zero-order chi connectivity index (χ0) is 18.0. The molecule has 0 radical (unpaired) electrons. The molecule has 0 saturated heterocycles. The van der Waals surface area contributed by atoms with Crippen LogP contribution in [0.25, 0.3) is 5.57 Å². The number of hydrogen-bond donors (Lipinski definition) is 1. The predicted octanol–water partition coefficient (Wildman–Crippen LogP) is 2.94. The molecule has 2 aromatic carbocycles. The van der Waals surface area contributed by atoms with Crippen LogP contribution in [0.3, 0.4) is 0 Å². The van der Waals surface area contributed by atoms with Crippen molar-refractivity contribution < 1.29 is 24.2 Å². The third-order valence-corrected chi connectivity index (χ3v) is 3.82. The lowest BCUT2D eigenvalue weighted by molar-refractivity contribution is -0.121. The van der Waals surface area contributed by atoms with Gasteiger partial charge in [-0.05, 0) is 36.8 Å². The molecule has 1 heterocycles. The molecule has 6 nitrogen and oxygen atoms in total. The third kappa shape index (κ3) is 2.94. The molecular weight excluding hydrogens is 322 g/mol. The summed E-state index contributed by atoms with van der Waals surface area (Å²) in [4.78, 5) is 26.1. The summed E-state index contributed by atoms with van der Waals surface area (Å²) >= 11 is 0. The Balaban J connectivity index is 1.97. The highest BCUT2D eigenvalue weighted by Gasteiger charge is 2.40. The quantitative estimate of drug-likeness (QED) is 0.848. The largest absolute Gasteiger partial charge is 0.502 e. The maximum atomic E-state index is 12.8. The third-order valence-electron chi connectivity index (χ3n) is 3.82. The van der Waals surface area contributed by atoms with E-state index >= 15 is 0 Å². The Kier molecular flexibility index (Phi) is 4.43. The van der Waals surface area contributed by atoms with Crippen molar-refractivity contribution in [1.29, 1.82) is 0 Å². The second-order valence-electron chi connectivity index (χ2n) is 5.33. The summed E-state index contributed by atoms with van der Waals surface area (Å²) in [5, 5.41) is 10.2. The maximum absolute atomic E-state index is 12.8. The molecule has 1 N–H and O–H groups in total. The van der Waals surface area contributed by atoms with Crippen molar-refractivity contribution in [2.24, 2.45) is 0 Å². The molecule has 1 aliphatic heterocycles. The van der Waals surface area contributed by atoms with E-state index < -0.39 is 17.6 Å². The van der Waals surface area contributed by atoms with Gasteiger partial charge < -0.3 is 14.6 Å². The monoisotopic (exact) mass is 339 g/mol. The Bertz CT molecular complexity index is 854. The first-order valence-corrected chi connectivity index (χ1v) is 7.76. The van der Waals surface area contributed by atoms with Gasteiger partial charge in [0.15, 0.2) is 5.76 Å². The molecule has 0 spiro atoms. The molecule has 1 aliphatic rings. The number of amides is 2. The van der Waals surface area contributed by atoms with Gasteiger partial charge in [0, 0.05) is 6.07 Å². The van der Waals surface area contributed by atoms with Crippen molar-refractivity contribution in [2.45, 2.75) is 6.92 Å². The van der Waals surface area contributed by atoms with E-state index in [2.05, 4.69) is 0 Å². The molecule has 0 saturated carbocycles. The van der Waals surface area contributed by atoms with Crippen LogP contribution in [0.1, 0.15) is 12.5 Å². The van der Waals surface area contributed by atoms with Gasteiger partial charge in [-0.15, -0.1) is 0 Å². The number of rotatable bonds is 5. The number of aliphatic hydroxyl groups is 1. The predicted molar refractivity (Wildman–Crippen MR) is 92.6 cm³/mol. The fourth-order valence-corrected chi connectivity index (χ4v) is 2.65. The summed E-state index contributed by atoms with van der Waals surface area (Å²) in [6.45, 7) is 2.31. The van der Waals surface area contributed by atoms with Crippen LogP contribution in [0.5, 0.6) is 11.5 Å². The molecule has 0 fully saturated rings. The van der Waals surface area contributed by atoms with E-state index in [1.165, 1.54) is 7.11 Å². The lowest BCUT2D eigenvalue weighted by atomic mass is 10.1. The van der Waals surface area contributed by atoms with Crippen LogP contribution in [0.15, 0.2) is 54.3 Å². The highest BCUT2D eigenvalue weighted by molar-refractivity contribution is 6.44. The number of aliphatic hydroxyl groups excluding tert-OH is 1. The zero-order valence-corrected chi connectivity index (χ0v) is 13.9. The molecule has 128 valence electrons. The number of nitrogens with zero attached hydrogens (tertiary/aromatic N) is 1. The molecule has 0 unspecified atom stereocenters. The molecule has 25 heavy (non-hydrogen) atoms. The van der Waals surface area contributed by atoms with E-state index in [1.54, 1.807) is 48.5 Å². The molecule has 0 bridgehead atoms. The number of carbonyl (C=O) groups is 2. The van der Waals surface area contributed by atoms with Crippen LogP contribution < -0.4 is 14.4 Å². The Hall–Kier alpha value is -3.28. The van der Waals surface area contributed by atoms with Crippen molar-refractivity contribution >= 4 is 23.1 Å². The lowest BCUT2D eigenvalue weighted by Crippen LogP contribution is -2.31. The summed E-state index contributed by atoms with van der Waals surface area (Å²) in [6, 6.07) is 13.2. The van der Waals surface area contributed by atoms with Gasteiger partial charge in [0.1, 0.15) is 11.5 Å². The summed E-state index contributed by atoms with van der Waals surface area (Å²) in [6.07, 6.45) is 0. The number of benzene rings is 2. The van der Waals surface area contributed by atoms with Gasteiger partial charge in [-0.2, -0.15) is 0 Å². The fourth-order valence-electron chi connectivity index (χ4n) is 2.65. The van der Waals surface area contributed by atoms with Crippen LogP contribution in [-0.2, 0) is 9.59 Å². The van der Waals surface area contributed by atoms with Gasteiger partial charge in [0.05, 0.1) is 25.0 Å². The second-order valence-corrected chi connectivity index (χ2v) is 5.33.